The fourth-order valence-corrected chi connectivity index (χ4v) is 3.01. The highest BCUT2D eigenvalue weighted by molar-refractivity contribution is 6.33. The summed E-state index contributed by atoms with van der Waals surface area (Å²) in [5.41, 5.74) is 0.497. The van der Waals surface area contributed by atoms with Gasteiger partial charge in [-0.1, -0.05) is 11.6 Å². The molecule has 0 aliphatic heterocycles. The van der Waals surface area contributed by atoms with Crippen molar-refractivity contribution >= 4 is 23.3 Å². The van der Waals surface area contributed by atoms with Gasteiger partial charge in [0.25, 0.3) is 5.91 Å². The Labute approximate surface area is 124 Å². The summed E-state index contributed by atoms with van der Waals surface area (Å²) in [5.74, 6) is 2.90. The molecule has 1 heterocycles. The minimum atomic E-state index is -0.0970. The number of hydrogen-bond acceptors (Lipinski definition) is 3. The summed E-state index contributed by atoms with van der Waals surface area (Å²) in [6.07, 6.45) is 6.84. The fraction of sp³-hybridized carbons (Fsp3) is 0.600. The highest BCUT2D eigenvalue weighted by Gasteiger charge is 2.41. The third-order valence-electron chi connectivity index (χ3n) is 4.31. The first-order chi connectivity index (χ1) is 9.69. The van der Waals surface area contributed by atoms with Gasteiger partial charge >= 0.3 is 0 Å². The summed E-state index contributed by atoms with van der Waals surface area (Å²) in [6, 6.07) is 1.70. The number of nitrogens with one attached hydrogen (secondary N) is 2. The first kappa shape index (κ1) is 13.7. The Hall–Kier alpha value is -1.29. The highest BCUT2D eigenvalue weighted by Crippen LogP contribution is 2.48. The molecule has 1 amide bonds. The van der Waals surface area contributed by atoms with Crippen molar-refractivity contribution in [3.63, 3.8) is 0 Å². The van der Waals surface area contributed by atoms with Gasteiger partial charge in [0.2, 0.25) is 0 Å². The standard InChI is InChI=1S/C15H20ClN3O/c1-17-14-6-11(13(16)8-18-14)15(20)19-7-12(9-2-3-9)10-4-5-10/h6,8-10,12H,2-5,7H2,1H3,(H,17,18)(H,19,20). The third-order valence-corrected chi connectivity index (χ3v) is 4.61. The van der Waals surface area contributed by atoms with Crippen LogP contribution in [0.5, 0.6) is 0 Å². The normalized spacial score (nSPS) is 18.1. The van der Waals surface area contributed by atoms with E-state index in [1.54, 1.807) is 13.1 Å². The molecule has 0 saturated heterocycles. The van der Waals surface area contributed by atoms with Gasteiger partial charge in [0.05, 0.1) is 10.6 Å². The van der Waals surface area contributed by atoms with E-state index < -0.39 is 0 Å². The van der Waals surface area contributed by atoms with Crippen LogP contribution in [0.2, 0.25) is 5.02 Å². The fourth-order valence-electron chi connectivity index (χ4n) is 2.82. The van der Waals surface area contributed by atoms with Crippen molar-refractivity contribution in [2.24, 2.45) is 17.8 Å². The van der Waals surface area contributed by atoms with E-state index in [9.17, 15) is 4.79 Å². The number of amides is 1. The molecule has 0 unspecified atom stereocenters. The van der Waals surface area contributed by atoms with E-state index in [2.05, 4.69) is 15.6 Å². The Balaban J connectivity index is 1.63. The van der Waals surface area contributed by atoms with Crippen molar-refractivity contribution in [1.82, 2.24) is 10.3 Å². The topological polar surface area (TPSA) is 54.0 Å². The van der Waals surface area contributed by atoms with Crippen LogP contribution in [0.25, 0.3) is 0 Å². The van der Waals surface area contributed by atoms with Crippen LogP contribution in [0.1, 0.15) is 36.0 Å². The van der Waals surface area contributed by atoms with Crippen LogP contribution in [0.15, 0.2) is 12.3 Å². The molecule has 2 aliphatic carbocycles. The summed E-state index contributed by atoms with van der Waals surface area (Å²) < 4.78 is 0. The van der Waals surface area contributed by atoms with Gasteiger partial charge < -0.3 is 10.6 Å². The second kappa shape index (κ2) is 5.60. The van der Waals surface area contributed by atoms with Crippen molar-refractivity contribution < 1.29 is 4.79 Å². The smallest absolute Gasteiger partial charge is 0.253 e. The lowest BCUT2D eigenvalue weighted by atomic mass is 9.98. The highest BCUT2D eigenvalue weighted by atomic mass is 35.5. The Morgan fingerprint density at radius 3 is 2.60 bits per heavy atom. The van der Waals surface area contributed by atoms with Crippen LogP contribution in [0.4, 0.5) is 5.82 Å². The maximum Gasteiger partial charge on any atom is 0.253 e. The average Bonchev–Trinajstić information content (AvgIpc) is 3.32. The van der Waals surface area contributed by atoms with E-state index >= 15 is 0 Å². The van der Waals surface area contributed by atoms with Crippen molar-refractivity contribution in [3.8, 4) is 0 Å². The summed E-state index contributed by atoms with van der Waals surface area (Å²) in [7, 11) is 1.77. The summed E-state index contributed by atoms with van der Waals surface area (Å²) in [6.45, 7) is 0.779. The lowest BCUT2D eigenvalue weighted by Crippen LogP contribution is -2.31. The predicted octanol–water partition coefficient (Wildman–Crippen LogP) is 2.94. The minimum Gasteiger partial charge on any atom is -0.373 e. The SMILES string of the molecule is CNc1cc(C(=O)NCC(C2CC2)C2CC2)c(Cl)cn1. The molecule has 0 spiro atoms. The Bertz CT molecular complexity index is 500. The number of rotatable bonds is 6. The summed E-state index contributed by atoms with van der Waals surface area (Å²) >= 11 is 6.06. The lowest BCUT2D eigenvalue weighted by Gasteiger charge is -2.16. The molecule has 20 heavy (non-hydrogen) atoms. The molecule has 1 aromatic heterocycles. The second-order valence-electron chi connectivity index (χ2n) is 5.85. The van der Waals surface area contributed by atoms with Gasteiger partial charge in [-0.15, -0.1) is 0 Å². The molecule has 5 heteroatoms. The van der Waals surface area contributed by atoms with Gasteiger partial charge in [-0.25, -0.2) is 4.98 Å². The van der Waals surface area contributed by atoms with Crippen LogP contribution in [-0.4, -0.2) is 24.5 Å². The lowest BCUT2D eigenvalue weighted by molar-refractivity contribution is 0.0943. The molecule has 0 aromatic carbocycles. The largest absolute Gasteiger partial charge is 0.373 e. The van der Waals surface area contributed by atoms with Crippen LogP contribution in [0.3, 0.4) is 0 Å². The molecule has 2 fully saturated rings. The van der Waals surface area contributed by atoms with Gasteiger partial charge in [0.1, 0.15) is 5.82 Å². The number of pyridine rings is 1. The maximum atomic E-state index is 12.3. The maximum absolute atomic E-state index is 12.3. The number of carbonyl (C=O) groups excluding carboxylic acids is 1. The van der Waals surface area contributed by atoms with Gasteiger partial charge in [-0.05, 0) is 49.5 Å². The zero-order valence-corrected chi connectivity index (χ0v) is 12.4. The van der Waals surface area contributed by atoms with Crippen molar-refractivity contribution in [2.45, 2.75) is 25.7 Å². The average molecular weight is 294 g/mol. The summed E-state index contributed by atoms with van der Waals surface area (Å²) in [4.78, 5) is 16.4. The van der Waals surface area contributed by atoms with Crippen LogP contribution < -0.4 is 10.6 Å². The molecule has 2 saturated carbocycles. The monoisotopic (exact) mass is 293 g/mol. The number of nitrogens with zero attached hydrogens (tertiary/aromatic N) is 1. The van der Waals surface area contributed by atoms with E-state index in [1.165, 1.54) is 31.9 Å². The molecule has 0 bridgehead atoms. The number of hydrogen-bond donors (Lipinski definition) is 2. The van der Waals surface area contributed by atoms with Gasteiger partial charge in [-0.3, -0.25) is 4.79 Å². The third kappa shape index (κ3) is 3.06. The van der Waals surface area contributed by atoms with Gasteiger partial charge in [0.15, 0.2) is 0 Å². The van der Waals surface area contributed by atoms with Crippen molar-refractivity contribution in [1.29, 1.82) is 0 Å². The van der Waals surface area contributed by atoms with E-state index in [0.29, 0.717) is 22.3 Å². The number of halogens is 1. The van der Waals surface area contributed by atoms with Crippen LogP contribution in [-0.2, 0) is 0 Å². The number of anilines is 1. The molecule has 1 aromatic rings. The van der Waals surface area contributed by atoms with Crippen molar-refractivity contribution in [3.05, 3.63) is 22.8 Å². The van der Waals surface area contributed by atoms with Crippen molar-refractivity contribution in [2.75, 3.05) is 18.9 Å². The Morgan fingerprint density at radius 1 is 1.40 bits per heavy atom. The molecule has 2 aliphatic rings. The van der Waals surface area contributed by atoms with Gasteiger partial charge in [-0.2, -0.15) is 0 Å². The van der Waals surface area contributed by atoms with Crippen LogP contribution >= 0.6 is 11.6 Å². The first-order valence-electron chi connectivity index (χ1n) is 7.30. The molecule has 4 nitrogen and oxygen atoms in total. The van der Waals surface area contributed by atoms with Gasteiger partial charge in [0, 0.05) is 19.8 Å². The number of carbonyl (C=O) groups is 1. The molecule has 3 rings (SSSR count). The quantitative estimate of drug-likeness (QED) is 0.848. The molecular weight excluding hydrogens is 274 g/mol. The molecular formula is C15H20ClN3O. The minimum absolute atomic E-state index is 0.0970. The zero-order valence-electron chi connectivity index (χ0n) is 11.7. The van der Waals surface area contributed by atoms with E-state index in [4.69, 9.17) is 11.6 Å². The second-order valence-corrected chi connectivity index (χ2v) is 6.26. The van der Waals surface area contributed by atoms with E-state index in [1.807, 2.05) is 0 Å². The van der Waals surface area contributed by atoms with E-state index in [0.717, 1.165) is 18.4 Å². The zero-order chi connectivity index (χ0) is 14.1. The Kier molecular flexibility index (Phi) is 3.83. The Morgan fingerprint density at radius 2 is 2.05 bits per heavy atom. The van der Waals surface area contributed by atoms with Crippen LogP contribution in [0, 0.1) is 17.8 Å². The first-order valence-corrected chi connectivity index (χ1v) is 7.68. The number of aromatic nitrogens is 1. The predicted molar refractivity (Wildman–Crippen MR) is 80.1 cm³/mol. The molecule has 2 N–H and O–H groups in total. The molecule has 0 radical (unpaired) electrons. The molecule has 0 atom stereocenters. The summed E-state index contributed by atoms with van der Waals surface area (Å²) in [5, 5.41) is 6.37. The van der Waals surface area contributed by atoms with E-state index in [-0.39, 0.29) is 5.91 Å². The molecule has 108 valence electrons.